The van der Waals surface area contributed by atoms with Gasteiger partial charge >= 0.3 is 0 Å². The molecule has 0 radical (unpaired) electrons. The Bertz CT molecular complexity index is 813. The molecule has 1 amide bonds. The summed E-state index contributed by atoms with van der Waals surface area (Å²) in [4.78, 5) is 12.4. The van der Waals surface area contributed by atoms with Gasteiger partial charge in [-0.15, -0.1) is 0 Å². The fraction of sp³-hybridized carbons (Fsp3) is 0. The lowest BCUT2D eigenvalue weighted by Gasteiger charge is -2.11. The van der Waals surface area contributed by atoms with Crippen LogP contribution < -0.4 is 5.32 Å². The number of carbonyl (C=O) groups excluding carboxylic acids is 1. The van der Waals surface area contributed by atoms with Crippen LogP contribution in [0.15, 0.2) is 60.7 Å². The first-order valence-corrected chi connectivity index (χ1v) is 6.47. The predicted octanol–water partition coefficient (Wildman–Crippen LogP) is 3.50. The van der Waals surface area contributed by atoms with Gasteiger partial charge in [0.25, 0.3) is 5.91 Å². The SMILES string of the molecule is O=C(Nc1ccccc1)c1c(O)c(O)cc2ccccc12. The molecule has 104 valence electrons. The number of benzene rings is 3. The molecule has 0 aliphatic carbocycles. The van der Waals surface area contributed by atoms with E-state index in [2.05, 4.69) is 5.32 Å². The number of para-hydroxylation sites is 1. The quantitative estimate of drug-likeness (QED) is 0.629. The number of hydrogen-bond donors (Lipinski definition) is 3. The molecule has 3 aromatic carbocycles. The van der Waals surface area contributed by atoms with Gasteiger partial charge in [-0.3, -0.25) is 4.79 Å². The van der Waals surface area contributed by atoms with E-state index in [1.165, 1.54) is 6.07 Å². The number of anilines is 1. The number of phenolic OH excluding ortho intramolecular Hbond substituents is 2. The van der Waals surface area contributed by atoms with Crippen LogP contribution in [-0.4, -0.2) is 16.1 Å². The summed E-state index contributed by atoms with van der Waals surface area (Å²) in [6.45, 7) is 0. The van der Waals surface area contributed by atoms with Crippen LogP contribution in [0.4, 0.5) is 5.69 Å². The number of fused-ring (bicyclic) bond motifs is 1. The summed E-state index contributed by atoms with van der Waals surface area (Å²) in [6.07, 6.45) is 0. The van der Waals surface area contributed by atoms with Gasteiger partial charge in [-0.25, -0.2) is 0 Å². The molecule has 0 unspecified atom stereocenters. The van der Waals surface area contributed by atoms with Gasteiger partial charge in [-0.2, -0.15) is 0 Å². The van der Waals surface area contributed by atoms with Crippen LogP contribution in [0.5, 0.6) is 11.5 Å². The second-order valence-corrected chi connectivity index (χ2v) is 4.66. The Morgan fingerprint density at radius 3 is 2.33 bits per heavy atom. The molecule has 0 fully saturated rings. The summed E-state index contributed by atoms with van der Waals surface area (Å²) < 4.78 is 0. The van der Waals surface area contributed by atoms with Gasteiger partial charge in [-0.1, -0.05) is 42.5 Å². The van der Waals surface area contributed by atoms with Crippen molar-refractivity contribution in [2.24, 2.45) is 0 Å². The average molecular weight is 279 g/mol. The summed E-state index contributed by atoms with van der Waals surface area (Å²) in [5.41, 5.74) is 0.684. The van der Waals surface area contributed by atoms with Gasteiger partial charge in [0.05, 0.1) is 5.56 Å². The molecular weight excluding hydrogens is 266 g/mol. The largest absolute Gasteiger partial charge is 0.504 e. The Morgan fingerprint density at radius 1 is 0.905 bits per heavy atom. The predicted molar refractivity (Wildman–Crippen MR) is 81.7 cm³/mol. The van der Waals surface area contributed by atoms with Gasteiger partial charge < -0.3 is 15.5 Å². The minimum Gasteiger partial charge on any atom is -0.504 e. The Hall–Kier alpha value is -3.01. The first-order chi connectivity index (χ1) is 10.2. The molecule has 0 bridgehead atoms. The monoisotopic (exact) mass is 279 g/mol. The summed E-state index contributed by atoms with van der Waals surface area (Å²) in [6, 6.07) is 17.5. The Balaban J connectivity index is 2.11. The minimum absolute atomic E-state index is 0.0643. The molecule has 21 heavy (non-hydrogen) atoms. The molecule has 3 aromatic rings. The van der Waals surface area contributed by atoms with Crippen molar-refractivity contribution in [3.8, 4) is 11.5 Å². The molecule has 0 aromatic heterocycles. The average Bonchev–Trinajstić information content (AvgIpc) is 2.49. The van der Waals surface area contributed by atoms with Gasteiger partial charge in [0.1, 0.15) is 0 Å². The zero-order valence-corrected chi connectivity index (χ0v) is 11.1. The summed E-state index contributed by atoms with van der Waals surface area (Å²) in [7, 11) is 0. The molecule has 3 rings (SSSR count). The summed E-state index contributed by atoms with van der Waals surface area (Å²) >= 11 is 0. The zero-order valence-electron chi connectivity index (χ0n) is 11.1. The van der Waals surface area contributed by atoms with Crippen LogP contribution in [0.25, 0.3) is 10.8 Å². The summed E-state index contributed by atoms with van der Waals surface area (Å²) in [5, 5.41) is 23.8. The van der Waals surface area contributed by atoms with E-state index in [1.54, 1.807) is 48.5 Å². The molecule has 0 atom stereocenters. The van der Waals surface area contributed by atoms with Crippen molar-refractivity contribution in [1.82, 2.24) is 0 Å². The molecule has 0 aliphatic heterocycles. The van der Waals surface area contributed by atoms with E-state index in [-0.39, 0.29) is 11.3 Å². The van der Waals surface area contributed by atoms with Crippen molar-refractivity contribution in [3.05, 3.63) is 66.2 Å². The highest BCUT2D eigenvalue weighted by atomic mass is 16.3. The Morgan fingerprint density at radius 2 is 1.57 bits per heavy atom. The van der Waals surface area contributed by atoms with Crippen LogP contribution in [0.2, 0.25) is 0 Å². The molecule has 4 nitrogen and oxygen atoms in total. The molecule has 0 saturated carbocycles. The lowest BCUT2D eigenvalue weighted by molar-refractivity contribution is 0.102. The second kappa shape index (κ2) is 5.17. The van der Waals surface area contributed by atoms with Crippen molar-refractivity contribution in [2.45, 2.75) is 0 Å². The van der Waals surface area contributed by atoms with Crippen molar-refractivity contribution in [3.63, 3.8) is 0 Å². The molecule has 0 spiro atoms. The number of phenols is 2. The van der Waals surface area contributed by atoms with E-state index in [0.29, 0.717) is 16.5 Å². The van der Waals surface area contributed by atoms with Gasteiger partial charge in [0.15, 0.2) is 11.5 Å². The van der Waals surface area contributed by atoms with Crippen LogP contribution in [0, 0.1) is 0 Å². The van der Waals surface area contributed by atoms with Crippen LogP contribution in [0.3, 0.4) is 0 Å². The van der Waals surface area contributed by atoms with Crippen molar-refractivity contribution in [2.75, 3.05) is 5.32 Å². The highest BCUT2D eigenvalue weighted by Crippen LogP contribution is 2.36. The van der Waals surface area contributed by atoms with Crippen molar-refractivity contribution >= 4 is 22.4 Å². The molecule has 3 N–H and O–H groups in total. The maximum Gasteiger partial charge on any atom is 0.260 e. The lowest BCUT2D eigenvalue weighted by Crippen LogP contribution is -2.12. The highest BCUT2D eigenvalue weighted by Gasteiger charge is 2.18. The third-order valence-corrected chi connectivity index (χ3v) is 3.26. The second-order valence-electron chi connectivity index (χ2n) is 4.66. The zero-order chi connectivity index (χ0) is 14.8. The van der Waals surface area contributed by atoms with E-state index >= 15 is 0 Å². The summed E-state index contributed by atoms with van der Waals surface area (Å²) in [5.74, 6) is -1.19. The van der Waals surface area contributed by atoms with E-state index in [4.69, 9.17) is 0 Å². The maximum absolute atomic E-state index is 12.4. The molecule has 0 saturated heterocycles. The number of amides is 1. The number of rotatable bonds is 2. The van der Waals surface area contributed by atoms with Gasteiger partial charge in [0.2, 0.25) is 0 Å². The number of carbonyl (C=O) groups is 1. The standard InChI is InChI=1S/C17H13NO3/c19-14-10-11-6-4-5-9-13(11)15(16(14)20)17(21)18-12-7-2-1-3-8-12/h1-10,19-20H,(H,18,21). The number of aromatic hydroxyl groups is 2. The smallest absolute Gasteiger partial charge is 0.260 e. The fourth-order valence-electron chi connectivity index (χ4n) is 2.27. The maximum atomic E-state index is 12.4. The van der Waals surface area contributed by atoms with E-state index < -0.39 is 11.7 Å². The van der Waals surface area contributed by atoms with Gasteiger partial charge in [0, 0.05) is 5.69 Å². The van der Waals surface area contributed by atoms with Crippen molar-refractivity contribution in [1.29, 1.82) is 0 Å². The van der Waals surface area contributed by atoms with Gasteiger partial charge in [-0.05, 0) is 29.0 Å². The Kier molecular flexibility index (Phi) is 3.20. The third kappa shape index (κ3) is 2.39. The first kappa shape index (κ1) is 13.0. The minimum atomic E-state index is -0.467. The topological polar surface area (TPSA) is 69.6 Å². The third-order valence-electron chi connectivity index (χ3n) is 3.26. The number of hydrogen-bond acceptors (Lipinski definition) is 3. The Labute approximate surface area is 121 Å². The number of nitrogens with one attached hydrogen (secondary N) is 1. The van der Waals surface area contributed by atoms with Crippen LogP contribution in [0.1, 0.15) is 10.4 Å². The van der Waals surface area contributed by atoms with E-state index in [0.717, 1.165) is 0 Å². The van der Waals surface area contributed by atoms with E-state index in [1.807, 2.05) is 6.07 Å². The normalized spacial score (nSPS) is 10.5. The molecule has 0 heterocycles. The molecular formula is C17H13NO3. The van der Waals surface area contributed by atoms with Crippen molar-refractivity contribution < 1.29 is 15.0 Å². The van der Waals surface area contributed by atoms with Crippen LogP contribution >= 0.6 is 0 Å². The first-order valence-electron chi connectivity index (χ1n) is 6.47. The molecule has 0 aliphatic rings. The fourth-order valence-corrected chi connectivity index (χ4v) is 2.27. The molecule has 4 heteroatoms. The van der Waals surface area contributed by atoms with E-state index in [9.17, 15) is 15.0 Å². The highest BCUT2D eigenvalue weighted by molar-refractivity contribution is 6.15. The van der Waals surface area contributed by atoms with Crippen LogP contribution in [-0.2, 0) is 0 Å². The lowest BCUT2D eigenvalue weighted by atomic mass is 10.0.